The Labute approximate surface area is 137 Å². The van der Waals surface area contributed by atoms with Gasteiger partial charge in [-0.25, -0.2) is 9.59 Å². The second-order valence-corrected chi connectivity index (χ2v) is 6.11. The number of nitrogens with one attached hydrogen (secondary N) is 1. The summed E-state index contributed by atoms with van der Waals surface area (Å²) in [4.78, 5) is 36.1. The molecule has 0 aromatic rings. The molecule has 0 saturated carbocycles. The highest BCUT2D eigenvalue weighted by atomic mass is 16.6. The topological polar surface area (TPSA) is 81.7 Å². The molecule has 0 heterocycles. The summed E-state index contributed by atoms with van der Waals surface area (Å²) in [5, 5.41) is 2.39. The summed E-state index contributed by atoms with van der Waals surface area (Å²) in [7, 11) is 0. The second kappa shape index (κ2) is 9.16. The molecule has 0 bridgehead atoms. The van der Waals surface area contributed by atoms with Gasteiger partial charge < -0.3 is 14.8 Å². The summed E-state index contributed by atoms with van der Waals surface area (Å²) in [6.07, 6.45) is 3.23. The molecule has 130 valence electrons. The lowest BCUT2D eigenvalue weighted by Gasteiger charge is -2.28. The molecule has 0 saturated heterocycles. The predicted molar refractivity (Wildman–Crippen MR) is 86.5 cm³/mol. The molecule has 0 spiro atoms. The Morgan fingerprint density at radius 2 is 1.52 bits per heavy atom. The van der Waals surface area contributed by atoms with Crippen LogP contribution in [0.25, 0.3) is 0 Å². The normalized spacial score (nSPS) is 11.0. The molecule has 1 N–H and O–H groups in total. The van der Waals surface area contributed by atoms with E-state index < -0.39 is 23.4 Å². The van der Waals surface area contributed by atoms with Crippen molar-refractivity contribution in [1.29, 1.82) is 0 Å². The number of hydrogen-bond donors (Lipinski definition) is 1. The molecule has 0 fully saturated rings. The Bertz CT molecular complexity index is 478. The number of hydrogen-bond acceptors (Lipinski definition) is 5. The number of carbonyl (C=O) groups is 3. The van der Waals surface area contributed by atoms with Crippen LogP contribution in [0, 0.1) is 5.41 Å². The Kier molecular flexibility index (Phi) is 8.33. The lowest BCUT2D eigenvalue weighted by atomic mass is 9.93. The maximum atomic E-state index is 12.3. The van der Waals surface area contributed by atoms with Gasteiger partial charge in [-0.05, 0) is 31.4 Å². The summed E-state index contributed by atoms with van der Waals surface area (Å²) in [6.45, 7) is 10.6. The minimum Gasteiger partial charge on any atom is -0.464 e. The van der Waals surface area contributed by atoms with Crippen LogP contribution in [0.15, 0.2) is 17.9 Å². The maximum Gasteiger partial charge on any atom is 0.344 e. The molecule has 6 nitrogen and oxygen atoms in total. The zero-order valence-electron chi connectivity index (χ0n) is 14.8. The molecule has 0 aromatic heterocycles. The van der Waals surface area contributed by atoms with E-state index in [-0.39, 0.29) is 25.0 Å². The van der Waals surface area contributed by atoms with Crippen LogP contribution < -0.4 is 5.32 Å². The van der Waals surface area contributed by atoms with Crippen molar-refractivity contribution in [2.75, 3.05) is 13.2 Å². The SMILES string of the molecule is CCOC(=O)C(CC=C=CC(C)(C)C)(NC(C)=O)C(=O)OCC. The second-order valence-electron chi connectivity index (χ2n) is 6.11. The van der Waals surface area contributed by atoms with Crippen LogP contribution in [0.2, 0.25) is 0 Å². The first-order valence-electron chi connectivity index (χ1n) is 7.64. The van der Waals surface area contributed by atoms with Gasteiger partial charge >= 0.3 is 11.9 Å². The van der Waals surface area contributed by atoms with Crippen molar-refractivity contribution in [3.8, 4) is 0 Å². The summed E-state index contributed by atoms with van der Waals surface area (Å²) in [5.74, 6) is -2.22. The highest BCUT2D eigenvalue weighted by molar-refractivity contribution is 6.07. The van der Waals surface area contributed by atoms with E-state index in [0.717, 1.165) is 0 Å². The van der Waals surface area contributed by atoms with Crippen molar-refractivity contribution in [3.05, 3.63) is 17.9 Å². The van der Waals surface area contributed by atoms with Crippen molar-refractivity contribution in [1.82, 2.24) is 5.32 Å². The molecule has 0 radical (unpaired) electrons. The van der Waals surface area contributed by atoms with E-state index in [1.54, 1.807) is 13.8 Å². The minimum absolute atomic E-state index is 0.0844. The molecular weight excluding hydrogens is 298 g/mol. The van der Waals surface area contributed by atoms with Crippen molar-refractivity contribution >= 4 is 17.8 Å². The fraction of sp³-hybridized carbons (Fsp3) is 0.647. The van der Waals surface area contributed by atoms with Crippen LogP contribution in [0.4, 0.5) is 0 Å². The van der Waals surface area contributed by atoms with Crippen LogP contribution >= 0.6 is 0 Å². The molecule has 1 amide bonds. The average Bonchev–Trinajstić information content (AvgIpc) is 2.41. The third-order valence-electron chi connectivity index (χ3n) is 2.68. The van der Waals surface area contributed by atoms with Crippen LogP contribution in [0.3, 0.4) is 0 Å². The van der Waals surface area contributed by atoms with Gasteiger partial charge in [-0.15, -0.1) is 5.73 Å². The number of esters is 2. The summed E-state index contributed by atoms with van der Waals surface area (Å²) in [6, 6.07) is 0. The summed E-state index contributed by atoms with van der Waals surface area (Å²) < 4.78 is 9.92. The van der Waals surface area contributed by atoms with Gasteiger partial charge in [0.25, 0.3) is 0 Å². The van der Waals surface area contributed by atoms with Gasteiger partial charge in [-0.2, -0.15) is 0 Å². The largest absolute Gasteiger partial charge is 0.464 e. The standard InChI is InChI=1S/C17H27NO5/c1-7-22-14(20)17(18-13(3)19,15(21)23-8-2)12-10-9-11-16(4,5)6/h10-11H,7-8,12H2,1-6H3,(H,18,19). The number of rotatable bonds is 7. The van der Waals surface area contributed by atoms with E-state index in [9.17, 15) is 14.4 Å². The van der Waals surface area contributed by atoms with Crippen molar-refractivity contribution < 1.29 is 23.9 Å². The summed E-state index contributed by atoms with van der Waals surface area (Å²) >= 11 is 0. The van der Waals surface area contributed by atoms with Crippen molar-refractivity contribution in [2.45, 2.75) is 53.5 Å². The van der Waals surface area contributed by atoms with E-state index in [1.165, 1.54) is 13.0 Å². The van der Waals surface area contributed by atoms with Gasteiger partial charge in [0.05, 0.1) is 13.2 Å². The molecule has 0 unspecified atom stereocenters. The Morgan fingerprint density at radius 1 is 1.04 bits per heavy atom. The molecule has 6 heteroatoms. The smallest absolute Gasteiger partial charge is 0.344 e. The van der Waals surface area contributed by atoms with Gasteiger partial charge in [0.15, 0.2) is 0 Å². The number of carbonyl (C=O) groups excluding carboxylic acids is 3. The van der Waals surface area contributed by atoms with Crippen LogP contribution in [-0.4, -0.2) is 36.6 Å². The lowest BCUT2D eigenvalue weighted by Crippen LogP contribution is -2.60. The van der Waals surface area contributed by atoms with E-state index in [4.69, 9.17) is 9.47 Å². The number of amides is 1. The molecule has 0 aromatic carbocycles. The first-order valence-corrected chi connectivity index (χ1v) is 7.64. The first-order chi connectivity index (χ1) is 10.6. The van der Waals surface area contributed by atoms with Crippen molar-refractivity contribution in [2.24, 2.45) is 5.41 Å². The lowest BCUT2D eigenvalue weighted by molar-refractivity contribution is -0.167. The van der Waals surface area contributed by atoms with E-state index in [2.05, 4.69) is 11.0 Å². The molecule has 0 aliphatic carbocycles. The Balaban J connectivity index is 5.70. The molecule has 0 rings (SSSR count). The Hall–Kier alpha value is -2.07. The predicted octanol–water partition coefficient (Wildman–Crippen LogP) is 2.13. The summed E-state index contributed by atoms with van der Waals surface area (Å²) in [5.41, 5.74) is 0.942. The molecule has 0 aliphatic heterocycles. The van der Waals surface area contributed by atoms with Crippen LogP contribution in [-0.2, 0) is 23.9 Å². The van der Waals surface area contributed by atoms with E-state index in [1.807, 2.05) is 26.8 Å². The third kappa shape index (κ3) is 7.15. The fourth-order valence-corrected chi connectivity index (χ4v) is 1.73. The van der Waals surface area contributed by atoms with Crippen LogP contribution in [0.5, 0.6) is 0 Å². The van der Waals surface area contributed by atoms with Gasteiger partial charge in [0, 0.05) is 13.3 Å². The Morgan fingerprint density at radius 3 is 1.87 bits per heavy atom. The zero-order valence-corrected chi connectivity index (χ0v) is 14.8. The van der Waals surface area contributed by atoms with Gasteiger partial charge in [-0.3, -0.25) is 4.79 Å². The average molecular weight is 325 g/mol. The molecule has 0 atom stereocenters. The van der Waals surface area contributed by atoms with Crippen molar-refractivity contribution in [3.63, 3.8) is 0 Å². The van der Waals surface area contributed by atoms with Gasteiger partial charge in [0.1, 0.15) is 0 Å². The van der Waals surface area contributed by atoms with E-state index in [0.29, 0.717) is 0 Å². The van der Waals surface area contributed by atoms with Gasteiger partial charge in [-0.1, -0.05) is 20.8 Å². The van der Waals surface area contributed by atoms with Gasteiger partial charge in [0.2, 0.25) is 11.4 Å². The highest BCUT2D eigenvalue weighted by Gasteiger charge is 2.49. The zero-order chi connectivity index (χ0) is 18.1. The quantitative estimate of drug-likeness (QED) is 0.440. The molecule has 23 heavy (non-hydrogen) atoms. The number of ether oxygens (including phenoxy) is 2. The molecule has 0 aliphatic rings. The highest BCUT2D eigenvalue weighted by Crippen LogP contribution is 2.18. The third-order valence-corrected chi connectivity index (χ3v) is 2.68. The van der Waals surface area contributed by atoms with E-state index >= 15 is 0 Å². The minimum atomic E-state index is -1.89. The monoisotopic (exact) mass is 325 g/mol. The molecular formula is C17H27NO5. The fourth-order valence-electron chi connectivity index (χ4n) is 1.73. The van der Waals surface area contributed by atoms with Crippen LogP contribution in [0.1, 0.15) is 48.0 Å². The first kappa shape index (κ1) is 20.9. The maximum absolute atomic E-state index is 12.3.